The summed E-state index contributed by atoms with van der Waals surface area (Å²) < 4.78 is 4.95. The Kier molecular flexibility index (Phi) is 7.78. The molecule has 0 unspecified atom stereocenters. The molecule has 132 valence electrons. The van der Waals surface area contributed by atoms with Crippen molar-refractivity contribution < 1.29 is 14.3 Å². The Morgan fingerprint density at radius 1 is 0.913 bits per heavy atom. The maximum atomic E-state index is 12.2. The van der Waals surface area contributed by atoms with Crippen LogP contribution in [-0.2, 0) is 14.3 Å². The molecule has 0 atom stereocenters. The summed E-state index contributed by atoms with van der Waals surface area (Å²) in [5, 5.41) is 3.09. The number of likely N-dealkylation sites (tertiary alicyclic amines) is 1. The van der Waals surface area contributed by atoms with Crippen molar-refractivity contribution in [2.45, 2.75) is 19.3 Å². The van der Waals surface area contributed by atoms with Crippen LogP contribution in [0.3, 0.4) is 0 Å². The number of rotatable bonds is 7. The Labute approximate surface area is 138 Å². The molecule has 7 nitrogen and oxygen atoms in total. The minimum Gasteiger partial charge on any atom is -0.383 e. The number of carbonyl (C=O) groups excluding carboxylic acids is 2. The van der Waals surface area contributed by atoms with Crippen molar-refractivity contribution >= 4 is 11.8 Å². The van der Waals surface area contributed by atoms with Crippen LogP contribution in [0.15, 0.2) is 0 Å². The molecule has 0 aromatic carbocycles. The number of amides is 2. The van der Waals surface area contributed by atoms with E-state index in [1.54, 1.807) is 7.11 Å². The lowest BCUT2D eigenvalue weighted by Gasteiger charge is -2.24. The van der Waals surface area contributed by atoms with Crippen LogP contribution in [-0.4, -0.2) is 99.1 Å². The first-order valence-electron chi connectivity index (χ1n) is 8.68. The van der Waals surface area contributed by atoms with Gasteiger partial charge in [0.2, 0.25) is 11.8 Å². The summed E-state index contributed by atoms with van der Waals surface area (Å²) >= 11 is 0. The molecule has 0 aromatic heterocycles. The van der Waals surface area contributed by atoms with Gasteiger partial charge in [-0.25, -0.2) is 0 Å². The van der Waals surface area contributed by atoms with Crippen LogP contribution in [0, 0.1) is 0 Å². The molecule has 0 spiro atoms. The molecular formula is C16H30N4O3. The lowest BCUT2D eigenvalue weighted by atomic mass is 10.3. The average molecular weight is 326 g/mol. The van der Waals surface area contributed by atoms with Gasteiger partial charge in [0.25, 0.3) is 0 Å². The lowest BCUT2D eigenvalue weighted by molar-refractivity contribution is -0.131. The van der Waals surface area contributed by atoms with Gasteiger partial charge < -0.3 is 19.9 Å². The van der Waals surface area contributed by atoms with Crippen LogP contribution >= 0.6 is 0 Å². The molecule has 0 radical (unpaired) electrons. The molecular weight excluding hydrogens is 296 g/mol. The monoisotopic (exact) mass is 326 g/mol. The number of carbonyl (C=O) groups is 2. The topological polar surface area (TPSA) is 65.1 Å². The molecule has 2 aliphatic heterocycles. The van der Waals surface area contributed by atoms with Gasteiger partial charge in [-0.15, -0.1) is 0 Å². The third-order valence-electron chi connectivity index (χ3n) is 4.52. The molecule has 0 aromatic rings. The molecule has 2 aliphatic rings. The second-order valence-electron chi connectivity index (χ2n) is 6.27. The number of hydrogen-bond donors (Lipinski definition) is 1. The van der Waals surface area contributed by atoms with Gasteiger partial charge in [-0.05, 0) is 19.3 Å². The number of ether oxygens (including phenoxy) is 1. The second-order valence-corrected chi connectivity index (χ2v) is 6.27. The van der Waals surface area contributed by atoms with Gasteiger partial charge in [-0.2, -0.15) is 0 Å². The number of hydrogen-bond acceptors (Lipinski definition) is 5. The first-order chi connectivity index (χ1) is 11.2. The molecule has 1 N–H and O–H groups in total. The van der Waals surface area contributed by atoms with Gasteiger partial charge in [0.1, 0.15) is 0 Å². The SMILES string of the molecule is COCCNCC(=O)N1CCCN(CC(=O)N2CCCC2)CC1. The van der Waals surface area contributed by atoms with Crippen LogP contribution in [0.4, 0.5) is 0 Å². The Hall–Kier alpha value is -1.18. The minimum atomic E-state index is 0.133. The molecule has 2 saturated heterocycles. The van der Waals surface area contributed by atoms with Crippen LogP contribution in [0.25, 0.3) is 0 Å². The van der Waals surface area contributed by atoms with Gasteiger partial charge in [0.15, 0.2) is 0 Å². The van der Waals surface area contributed by atoms with Crippen molar-refractivity contribution in [1.82, 2.24) is 20.0 Å². The van der Waals surface area contributed by atoms with Crippen LogP contribution in [0.2, 0.25) is 0 Å². The number of nitrogens with one attached hydrogen (secondary N) is 1. The van der Waals surface area contributed by atoms with Gasteiger partial charge in [0.05, 0.1) is 19.7 Å². The molecule has 0 bridgehead atoms. The molecule has 2 amide bonds. The van der Waals surface area contributed by atoms with E-state index in [1.165, 1.54) is 0 Å². The molecule has 0 aliphatic carbocycles. The first kappa shape index (κ1) is 18.2. The first-order valence-corrected chi connectivity index (χ1v) is 8.68. The van der Waals surface area contributed by atoms with Crippen molar-refractivity contribution in [3.05, 3.63) is 0 Å². The predicted octanol–water partition coefficient (Wildman–Crippen LogP) is -0.621. The number of nitrogens with zero attached hydrogens (tertiary/aromatic N) is 3. The molecule has 0 saturated carbocycles. The van der Waals surface area contributed by atoms with E-state index in [9.17, 15) is 9.59 Å². The third-order valence-corrected chi connectivity index (χ3v) is 4.52. The van der Waals surface area contributed by atoms with E-state index in [2.05, 4.69) is 10.2 Å². The summed E-state index contributed by atoms with van der Waals surface area (Å²) in [6.07, 6.45) is 3.19. The van der Waals surface area contributed by atoms with Crippen molar-refractivity contribution in [3.8, 4) is 0 Å². The van der Waals surface area contributed by atoms with E-state index < -0.39 is 0 Å². The summed E-state index contributed by atoms with van der Waals surface area (Å²) in [4.78, 5) is 30.5. The zero-order chi connectivity index (χ0) is 16.5. The van der Waals surface area contributed by atoms with Gasteiger partial charge in [-0.1, -0.05) is 0 Å². The standard InChI is InChI=1S/C16H30N4O3/c1-23-12-5-17-13-15(21)20-9-4-6-18(10-11-20)14-16(22)19-7-2-3-8-19/h17H,2-14H2,1H3. The van der Waals surface area contributed by atoms with E-state index in [0.717, 1.165) is 52.0 Å². The highest BCUT2D eigenvalue weighted by Gasteiger charge is 2.23. The van der Waals surface area contributed by atoms with E-state index in [-0.39, 0.29) is 11.8 Å². The zero-order valence-corrected chi connectivity index (χ0v) is 14.3. The summed E-state index contributed by atoms with van der Waals surface area (Å²) in [5.41, 5.74) is 0. The maximum Gasteiger partial charge on any atom is 0.236 e. The fourth-order valence-corrected chi connectivity index (χ4v) is 3.12. The maximum absolute atomic E-state index is 12.2. The highest BCUT2D eigenvalue weighted by molar-refractivity contribution is 5.79. The molecule has 2 fully saturated rings. The molecule has 2 heterocycles. The number of methoxy groups -OCH3 is 1. The van der Waals surface area contributed by atoms with Crippen molar-refractivity contribution in [2.24, 2.45) is 0 Å². The van der Waals surface area contributed by atoms with E-state index in [4.69, 9.17) is 4.74 Å². The largest absolute Gasteiger partial charge is 0.383 e. The minimum absolute atomic E-state index is 0.133. The fraction of sp³-hybridized carbons (Fsp3) is 0.875. The normalized spacial score (nSPS) is 19.9. The Bertz CT molecular complexity index is 386. The van der Waals surface area contributed by atoms with Crippen molar-refractivity contribution in [1.29, 1.82) is 0 Å². The Balaban J connectivity index is 1.69. The highest BCUT2D eigenvalue weighted by atomic mass is 16.5. The smallest absolute Gasteiger partial charge is 0.236 e. The second kappa shape index (κ2) is 9.85. The summed E-state index contributed by atoms with van der Waals surface area (Å²) in [7, 11) is 1.65. The summed E-state index contributed by atoms with van der Waals surface area (Å²) in [5.74, 6) is 0.373. The molecule has 23 heavy (non-hydrogen) atoms. The Morgan fingerprint density at radius 2 is 1.61 bits per heavy atom. The van der Waals surface area contributed by atoms with E-state index in [1.807, 2.05) is 9.80 Å². The third kappa shape index (κ3) is 6.08. The van der Waals surface area contributed by atoms with Gasteiger partial charge >= 0.3 is 0 Å². The molecule has 7 heteroatoms. The predicted molar refractivity (Wildman–Crippen MR) is 88.2 cm³/mol. The lowest BCUT2D eigenvalue weighted by Crippen LogP contribution is -2.42. The average Bonchev–Trinajstić information content (AvgIpc) is 2.99. The quantitative estimate of drug-likeness (QED) is 0.632. The summed E-state index contributed by atoms with van der Waals surface area (Å²) in [6.45, 7) is 7.12. The van der Waals surface area contributed by atoms with Crippen molar-refractivity contribution in [2.75, 3.05) is 72.6 Å². The molecule has 2 rings (SSSR count). The van der Waals surface area contributed by atoms with E-state index in [0.29, 0.717) is 32.8 Å². The van der Waals surface area contributed by atoms with Crippen LogP contribution in [0.1, 0.15) is 19.3 Å². The highest BCUT2D eigenvalue weighted by Crippen LogP contribution is 2.09. The zero-order valence-electron chi connectivity index (χ0n) is 14.3. The van der Waals surface area contributed by atoms with Crippen LogP contribution < -0.4 is 5.32 Å². The van der Waals surface area contributed by atoms with E-state index >= 15 is 0 Å². The van der Waals surface area contributed by atoms with Gasteiger partial charge in [-0.3, -0.25) is 14.5 Å². The Morgan fingerprint density at radius 3 is 2.35 bits per heavy atom. The van der Waals surface area contributed by atoms with Gasteiger partial charge in [0, 0.05) is 52.9 Å². The van der Waals surface area contributed by atoms with Crippen LogP contribution in [0.5, 0.6) is 0 Å². The summed E-state index contributed by atoms with van der Waals surface area (Å²) in [6, 6.07) is 0. The fourth-order valence-electron chi connectivity index (χ4n) is 3.12. The van der Waals surface area contributed by atoms with Crippen molar-refractivity contribution in [3.63, 3.8) is 0 Å².